The van der Waals surface area contributed by atoms with Crippen molar-refractivity contribution in [1.29, 1.82) is 0 Å². The maximum Gasteiger partial charge on any atom is 0.171 e. The van der Waals surface area contributed by atoms with E-state index in [4.69, 9.17) is 32.7 Å². The molecule has 0 spiro atoms. The van der Waals surface area contributed by atoms with Crippen molar-refractivity contribution in [2.24, 2.45) is 0 Å². The zero-order valence-corrected chi connectivity index (χ0v) is 24.5. The number of ketones is 1. The van der Waals surface area contributed by atoms with Crippen molar-refractivity contribution < 1.29 is 34.7 Å². The Balaban J connectivity index is 0.000000194. The predicted molar refractivity (Wildman–Crippen MR) is 161 cm³/mol. The van der Waals surface area contributed by atoms with Crippen LogP contribution < -0.4 is 9.47 Å². The molecule has 9 nitrogen and oxygen atoms in total. The monoisotopic (exact) mass is 626 g/mol. The Morgan fingerprint density at radius 1 is 0.762 bits per heavy atom. The molecule has 0 bridgehead atoms. The highest BCUT2D eigenvalue weighted by Crippen LogP contribution is 2.41. The fraction of sp³-hybridized carbons (Fsp3) is 0.100. The lowest BCUT2D eigenvalue weighted by atomic mass is 10.0. The van der Waals surface area contributed by atoms with Crippen molar-refractivity contribution in [3.63, 3.8) is 0 Å². The van der Waals surface area contributed by atoms with E-state index in [1.807, 2.05) is 24.3 Å². The number of carbonyl (C=O) groups is 1. The van der Waals surface area contributed by atoms with Gasteiger partial charge in [-0.2, -0.15) is 0 Å². The fourth-order valence-corrected chi connectivity index (χ4v) is 4.85. The maximum atomic E-state index is 12.1. The number of methoxy groups -OCH3 is 2. The fourth-order valence-electron chi connectivity index (χ4n) is 3.84. The van der Waals surface area contributed by atoms with Crippen LogP contribution in [0.5, 0.6) is 34.5 Å². The smallest absolute Gasteiger partial charge is 0.171 e. The average molecular weight is 628 g/mol. The standard InChI is InChI=1S/C15H11ClN2O3S.C15H13ClO4/c1-21-9-4-2-8(3-5-9)15-14(17-18-22-15)10-6-11(16)13(20)7-12(10)19;1-20-10-4-2-9(3-5-10)6-13(17)11-7-12(16)15(19)8-14(11)18/h2-7,19-20H,1H3;2-5,7-8,18-19H,6H2,1H3. The average Bonchev–Trinajstić information content (AvgIpc) is 3.47. The summed E-state index contributed by atoms with van der Waals surface area (Å²) >= 11 is 12.9. The summed E-state index contributed by atoms with van der Waals surface area (Å²) < 4.78 is 14.1. The SMILES string of the molecule is COc1ccc(-c2snnc2-c2cc(Cl)c(O)cc2O)cc1.COc1ccc(CC(=O)c2cc(Cl)c(O)cc2O)cc1. The number of phenols is 4. The molecule has 12 heteroatoms. The summed E-state index contributed by atoms with van der Waals surface area (Å²) in [5.74, 6) is 0.335. The van der Waals surface area contributed by atoms with Crippen LogP contribution in [0, 0.1) is 0 Å². The van der Waals surface area contributed by atoms with Gasteiger partial charge >= 0.3 is 0 Å². The van der Waals surface area contributed by atoms with Crippen LogP contribution in [0.1, 0.15) is 15.9 Å². The van der Waals surface area contributed by atoms with Gasteiger partial charge in [0.1, 0.15) is 40.2 Å². The first-order chi connectivity index (χ1) is 20.1. The summed E-state index contributed by atoms with van der Waals surface area (Å²) in [6.07, 6.45) is 0.124. The van der Waals surface area contributed by atoms with E-state index < -0.39 is 0 Å². The van der Waals surface area contributed by atoms with E-state index in [1.54, 1.807) is 38.5 Å². The topological polar surface area (TPSA) is 142 Å². The molecule has 0 radical (unpaired) electrons. The highest BCUT2D eigenvalue weighted by atomic mass is 35.5. The number of carbonyl (C=O) groups excluding carboxylic acids is 1. The van der Waals surface area contributed by atoms with Crippen LogP contribution in [0.3, 0.4) is 0 Å². The number of Topliss-reactive ketones (excluding diaryl/α,β-unsaturated/α-hetero) is 1. The molecule has 0 aliphatic rings. The minimum absolute atomic E-state index is 0.0286. The van der Waals surface area contributed by atoms with E-state index in [2.05, 4.69) is 9.59 Å². The Hall–Kier alpha value is -4.51. The van der Waals surface area contributed by atoms with Gasteiger partial charge in [0.2, 0.25) is 0 Å². The third-order valence-electron chi connectivity index (χ3n) is 6.05. The van der Waals surface area contributed by atoms with Crippen molar-refractivity contribution in [3.05, 3.63) is 94.0 Å². The van der Waals surface area contributed by atoms with Gasteiger partial charge in [0, 0.05) is 24.1 Å². The molecule has 0 saturated heterocycles. The van der Waals surface area contributed by atoms with Crippen molar-refractivity contribution in [3.8, 4) is 56.2 Å². The molecule has 0 amide bonds. The molecule has 5 rings (SSSR count). The first-order valence-corrected chi connectivity index (χ1v) is 13.7. The number of hydrogen-bond donors (Lipinski definition) is 4. The lowest BCUT2D eigenvalue weighted by Crippen LogP contribution is -2.04. The number of nitrogens with zero attached hydrogens (tertiary/aromatic N) is 2. The Morgan fingerprint density at radius 3 is 1.90 bits per heavy atom. The number of rotatable bonds is 7. The normalized spacial score (nSPS) is 10.5. The number of hydrogen-bond acceptors (Lipinski definition) is 10. The Morgan fingerprint density at radius 2 is 1.31 bits per heavy atom. The molecule has 1 heterocycles. The summed E-state index contributed by atoms with van der Waals surface area (Å²) in [5.41, 5.74) is 2.70. The number of aromatic nitrogens is 2. The van der Waals surface area contributed by atoms with E-state index in [0.29, 0.717) is 17.0 Å². The lowest BCUT2D eigenvalue weighted by Gasteiger charge is -2.07. The summed E-state index contributed by atoms with van der Waals surface area (Å²) in [6.45, 7) is 0. The number of halogens is 2. The van der Waals surface area contributed by atoms with Crippen molar-refractivity contribution in [2.45, 2.75) is 6.42 Å². The Kier molecular flexibility index (Phi) is 9.74. The first-order valence-electron chi connectivity index (χ1n) is 12.2. The lowest BCUT2D eigenvalue weighted by molar-refractivity contribution is 0.0990. The largest absolute Gasteiger partial charge is 0.507 e. The van der Waals surface area contributed by atoms with E-state index in [0.717, 1.165) is 27.8 Å². The second-order valence-electron chi connectivity index (χ2n) is 8.77. The molecule has 1 aromatic heterocycles. The highest BCUT2D eigenvalue weighted by Gasteiger charge is 2.18. The van der Waals surface area contributed by atoms with Gasteiger partial charge in [-0.1, -0.05) is 39.8 Å². The van der Waals surface area contributed by atoms with Crippen LogP contribution in [0.25, 0.3) is 21.7 Å². The van der Waals surface area contributed by atoms with Gasteiger partial charge in [-0.25, -0.2) is 0 Å². The van der Waals surface area contributed by atoms with Gasteiger partial charge in [0.05, 0.1) is 34.7 Å². The number of ether oxygens (including phenoxy) is 2. The molecule has 216 valence electrons. The Labute approximate surface area is 254 Å². The van der Waals surface area contributed by atoms with E-state index >= 15 is 0 Å². The van der Waals surface area contributed by atoms with Crippen LogP contribution in [0.4, 0.5) is 0 Å². The molecular formula is C30H24Cl2N2O7S. The van der Waals surface area contributed by atoms with Gasteiger partial charge in [0.25, 0.3) is 0 Å². The molecule has 5 aromatic rings. The quantitative estimate of drug-likeness (QED) is 0.139. The summed E-state index contributed by atoms with van der Waals surface area (Å²) in [4.78, 5) is 12.9. The molecule has 0 saturated carbocycles. The second-order valence-corrected chi connectivity index (χ2v) is 10.3. The van der Waals surface area contributed by atoms with E-state index in [1.165, 1.54) is 29.7 Å². The molecule has 42 heavy (non-hydrogen) atoms. The van der Waals surface area contributed by atoms with E-state index in [9.17, 15) is 25.2 Å². The predicted octanol–water partition coefficient (Wildman–Crippen LogP) is 7.13. The van der Waals surface area contributed by atoms with Crippen molar-refractivity contribution in [1.82, 2.24) is 9.59 Å². The molecule has 0 unspecified atom stereocenters. The third kappa shape index (κ3) is 7.03. The number of aromatic hydroxyl groups is 4. The van der Waals surface area contributed by atoms with Crippen LogP contribution in [0.15, 0.2) is 72.8 Å². The number of benzene rings is 4. The maximum absolute atomic E-state index is 12.1. The van der Waals surface area contributed by atoms with E-state index in [-0.39, 0.29) is 50.8 Å². The summed E-state index contributed by atoms with van der Waals surface area (Å²) in [6, 6.07) is 19.5. The zero-order chi connectivity index (χ0) is 30.4. The molecule has 4 N–H and O–H groups in total. The zero-order valence-electron chi connectivity index (χ0n) is 22.2. The number of phenolic OH excluding ortho intramolecular Hbond substituents is 4. The highest BCUT2D eigenvalue weighted by molar-refractivity contribution is 7.09. The van der Waals surface area contributed by atoms with Gasteiger partial charge < -0.3 is 29.9 Å². The van der Waals surface area contributed by atoms with Crippen molar-refractivity contribution in [2.75, 3.05) is 14.2 Å². The van der Waals surface area contributed by atoms with Crippen LogP contribution in [-0.2, 0) is 6.42 Å². The summed E-state index contributed by atoms with van der Waals surface area (Å²) in [5, 5.41) is 42.8. The minimum Gasteiger partial charge on any atom is -0.507 e. The van der Waals surface area contributed by atoms with Crippen molar-refractivity contribution >= 4 is 40.5 Å². The van der Waals surface area contributed by atoms with Gasteiger partial charge in [-0.3, -0.25) is 4.79 Å². The molecule has 0 fully saturated rings. The molecule has 0 aliphatic carbocycles. The van der Waals surface area contributed by atoms with Crippen LogP contribution >= 0.6 is 34.7 Å². The van der Waals surface area contributed by atoms with Crippen LogP contribution in [0.2, 0.25) is 10.0 Å². The van der Waals surface area contributed by atoms with Crippen LogP contribution in [-0.4, -0.2) is 50.0 Å². The third-order valence-corrected chi connectivity index (χ3v) is 7.43. The van der Waals surface area contributed by atoms with Gasteiger partial charge in [0.15, 0.2) is 5.78 Å². The molecular weight excluding hydrogens is 603 g/mol. The molecule has 0 atom stereocenters. The first kappa shape index (κ1) is 30.4. The molecule has 0 aliphatic heterocycles. The minimum atomic E-state index is -0.287. The van der Waals surface area contributed by atoms with Gasteiger partial charge in [-0.05, 0) is 71.2 Å². The van der Waals surface area contributed by atoms with Gasteiger partial charge in [-0.15, -0.1) is 5.10 Å². The summed E-state index contributed by atoms with van der Waals surface area (Å²) in [7, 11) is 3.17. The second kappa shape index (κ2) is 13.4. The molecule has 4 aromatic carbocycles. The Bertz CT molecular complexity index is 1710.